The highest BCUT2D eigenvalue weighted by atomic mass is 79.9. The minimum Gasteiger partial charge on any atom is -0.343 e. The summed E-state index contributed by atoms with van der Waals surface area (Å²) in [4.78, 5) is 26.7. The first-order valence-electron chi connectivity index (χ1n) is 6.62. The highest BCUT2D eigenvalue weighted by molar-refractivity contribution is 9.10. The van der Waals surface area contributed by atoms with Crippen molar-refractivity contribution in [3.05, 3.63) is 45.7 Å². The summed E-state index contributed by atoms with van der Waals surface area (Å²) in [5.74, 6) is -0.852. The minimum absolute atomic E-state index is 0.424. The summed E-state index contributed by atoms with van der Waals surface area (Å²) in [5, 5.41) is 0. The Labute approximate surface area is 131 Å². The predicted molar refractivity (Wildman–Crippen MR) is 84.6 cm³/mol. The first-order chi connectivity index (χ1) is 9.90. The zero-order chi connectivity index (χ0) is 15.3. The van der Waals surface area contributed by atoms with Crippen molar-refractivity contribution in [2.75, 3.05) is 14.1 Å². The van der Waals surface area contributed by atoms with Crippen molar-refractivity contribution in [1.82, 2.24) is 9.47 Å². The largest absolute Gasteiger partial charge is 0.343 e. The molecule has 0 atom stereocenters. The van der Waals surface area contributed by atoms with Crippen LogP contribution in [0.4, 0.5) is 0 Å². The molecule has 1 aliphatic carbocycles. The van der Waals surface area contributed by atoms with Crippen LogP contribution in [0.2, 0.25) is 0 Å². The van der Waals surface area contributed by atoms with Gasteiger partial charge in [-0.15, -0.1) is 0 Å². The van der Waals surface area contributed by atoms with E-state index >= 15 is 0 Å². The third-order valence-corrected chi connectivity index (χ3v) is 4.24. The van der Waals surface area contributed by atoms with Crippen molar-refractivity contribution >= 4 is 27.5 Å². The number of Topliss-reactive ketones (excluding diaryl/α,β-unsaturated/α-hetero) is 2. The van der Waals surface area contributed by atoms with Crippen LogP contribution >= 0.6 is 15.9 Å². The molecule has 1 aromatic carbocycles. The van der Waals surface area contributed by atoms with E-state index in [1.165, 1.54) is 0 Å². The molecule has 0 spiro atoms. The third kappa shape index (κ3) is 2.17. The number of fused-ring (bicyclic) bond motifs is 3. The fourth-order valence-electron chi connectivity index (χ4n) is 2.78. The molecule has 0 radical (unpaired) electrons. The van der Waals surface area contributed by atoms with Crippen molar-refractivity contribution < 1.29 is 9.59 Å². The van der Waals surface area contributed by atoms with E-state index in [4.69, 9.17) is 0 Å². The highest BCUT2D eigenvalue weighted by Crippen LogP contribution is 2.37. The molecule has 0 aliphatic heterocycles. The average Bonchev–Trinajstić information content (AvgIpc) is 2.73. The molecule has 1 aromatic heterocycles. The Morgan fingerprint density at radius 2 is 1.76 bits per heavy atom. The Hall–Kier alpha value is -1.72. The summed E-state index contributed by atoms with van der Waals surface area (Å²) >= 11 is 3.43. The minimum atomic E-state index is -0.428. The van der Waals surface area contributed by atoms with Crippen molar-refractivity contribution in [1.29, 1.82) is 0 Å². The van der Waals surface area contributed by atoms with E-state index in [2.05, 4.69) is 15.9 Å². The molecule has 5 heteroatoms. The molecule has 0 saturated heterocycles. The summed E-state index contributed by atoms with van der Waals surface area (Å²) < 4.78 is 2.73. The number of hydrogen-bond acceptors (Lipinski definition) is 3. The Balaban J connectivity index is 2.28. The van der Waals surface area contributed by atoms with Crippen LogP contribution < -0.4 is 0 Å². The molecule has 1 aliphatic rings. The van der Waals surface area contributed by atoms with E-state index in [9.17, 15) is 9.59 Å². The first kappa shape index (κ1) is 14.2. The summed E-state index contributed by atoms with van der Waals surface area (Å²) in [7, 11) is 5.79. The SMILES string of the molecule is CN(C)Cc1cc2c(n1C)C(=O)C(=O)c1ccc(Br)cc1-2. The van der Waals surface area contributed by atoms with Gasteiger partial charge in [0.15, 0.2) is 0 Å². The van der Waals surface area contributed by atoms with E-state index in [1.54, 1.807) is 12.1 Å². The van der Waals surface area contributed by atoms with Gasteiger partial charge in [-0.1, -0.05) is 15.9 Å². The maximum Gasteiger partial charge on any atom is 0.250 e. The number of carbonyl (C=O) groups excluding carboxylic acids is 2. The maximum atomic E-state index is 12.4. The summed E-state index contributed by atoms with van der Waals surface area (Å²) in [6.45, 7) is 0.717. The summed E-state index contributed by atoms with van der Waals surface area (Å²) in [6.07, 6.45) is 0. The second-order valence-corrected chi connectivity index (χ2v) is 6.46. The molecule has 0 amide bonds. The molecular weight excluding hydrogens is 332 g/mol. The monoisotopic (exact) mass is 346 g/mol. The lowest BCUT2D eigenvalue weighted by Gasteiger charge is -2.16. The number of rotatable bonds is 2. The van der Waals surface area contributed by atoms with Crippen LogP contribution in [-0.4, -0.2) is 35.1 Å². The third-order valence-electron chi connectivity index (χ3n) is 3.75. The van der Waals surface area contributed by atoms with Gasteiger partial charge in [0.25, 0.3) is 0 Å². The number of ketones is 2. The molecule has 4 nitrogen and oxygen atoms in total. The summed E-state index contributed by atoms with van der Waals surface area (Å²) in [5.41, 5.74) is 3.65. The molecule has 21 heavy (non-hydrogen) atoms. The number of halogens is 1. The van der Waals surface area contributed by atoms with Crippen molar-refractivity contribution in [2.24, 2.45) is 7.05 Å². The first-order valence-corrected chi connectivity index (χ1v) is 7.41. The topological polar surface area (TPSA) is 42.3 Å². The standard InChI is InChI=1S/C16H15BrN2O2/c1-18(2)8-10-7-13-12-6-9(17)4-5-11(12)15(20)16(21)14(13)19(10)3/h4-7H,8H2,1-3H3. The van der Waals surface area contributed by atoms with Gasteiger partial charge in [-0.3, -0.25) is 9.59 Å². The van der Waals surface area contributed by atoms with E-state index in [0.29, 0.717) is 17.8 Å². The van der Waals surface area contributed by atoms with Crippen LogP contribution in [-0.2, 0) is 13.6 Å². The lowest BCUT2D eigenvalue weighted by atomic mass is 9.88. The van der Waals surface area contributed by atoms with Crippen molar-refractivity contribution in [3.63, 3.8) is 0 Å². The van der Waals surface area contributed by atoms with Gasteiger partial charge >= 0.3 is 0 Å². The van der Waals surface area contributed by atoms with Gasteiger partial charge in [0.2, 0.25) is 11.6 Å². The molecular formula is C16H15BrN2O2. The van der Waals surface area contributed by atoms with E-state index in [0.717, 1.165) is 21.3 Å². The summed E-state index contributed by atoms with van der Waals surface area (Å²) in [6, 6.07) is 7.41. The second kappa shape index (κ2) is 4.93. The van der Waals surface area contributed by atoms with E-state index < -0.39 is 11.6 Å². The van der Waals surface area contributed by atoms with Gasteiger partial charge in [0.1, 0.15) is 5.69 Å². The zero-order valence-electron chi connectivity index (χ0n) is 12.1. The van der Waals surface area contributed by atoms with Gasteiger partial charge in [0, 0.05) is 34.9 Å². The average molecular weight is 347 g/mol. The molecule has 108 valence electrons. The van der Waals surface area contributed by atoms with Gasteiger partial charge < -0.3 is 9.47 Å². The number of carbonyl (C=O) groups is 2. The molecule has 1 heterocycles. The van der Waals surface area contributed by atoms with Gasteiger partial charge in [-0.05, 0) is 43.9 Å². The normalized spacial score (nSPS) is 13.6. The van der Waals surface area contributed by atoms with Crippen LogP contribution in [0, 0.1) is 0 Å². The molecule has 0 bridgehead atoms. The van der Waals surface area contributed by atoms with Crippen molar-refractivity contribution in [3.8, 4) is 11.1 Å². The molecule has 0 saturated carbocycles. The Bertz CT molecular complexity index is 775. The van der Waals surface area contributed by atoms with Gasteiger partial charge in [-0.2, -0.15) is 0 Å². The maximum absolute atomic E-state index is 12.4. The molecule has 0 fully saturated rings. The lowest BCUT2D eigenvalue weighted by Crippen LogP contribution is -2.24. The number of hydrogen-bond donors (Lipinski definition) is 0. The van der Waals surface area contributed by atoms with Gasteiger partial charge in [-0.25, -0.2) is 0 Å². The Morgan fingerprint density at radius 1 is 1.05 bits per heavy atom. The lowest BCUT2D eigenvalue weighted by molar-refractivity contribution is 0.0810. The Morgan fingerprint density at radius 3 is 2.43 bits per heavy atom. The van der Waals surface area contributed by atoms with Crippen LogP contribution in [0.5, 0.6) is 0 Å². The number of aromatic nitrogens is 1. The molecule has 0 unspecified atom stereocenters. The fraction of sp³-hybridized carbons (Fsp3) is 0.250. The van der Waals surface area contributed by atoms with E-state index in [1.807, 2.05) is 42.7 Å². The molecule has 0 N–H and O–H groups in total. The smallest absolute Gasteiger partial charge is 0.250 e. The quantitative estimate of drug-likeness (QED) is 0.785. The number of benzene rings is 1. The second-order valence-electron chi connectivity index (χ2n) is 5.54. The van der Waals surface area contributed by atoms with Crippen LogP contribution in [0.25, 0.3) is 11.1 Å². The molecule has 3 rings (SSSR count). The highest BCUT2D eigenvalue weighted by Gasteiger charge is 2.33. The van der Waals surface area contributed by atoms with E-state index in [-0.39, 0.29) is 0 Å². The predicted octanol–water partition coefficient (Wildman–Crippen LogP) is 2.90. The fourth-order valence-corrected chi connectivity index (χ4v) is 3.14. The number of nitrogens with zero attached hydrogens (tertiary/aromatic N) is 2. The van der Waals surface area contributed by atoms with Crippen LogP contribution in [0.1, 0.15) is 26.5 Å². The zero-order valence-corrected chi connectivity index (χ0v) is 13.7. The van der Waals surface area contributed by atoms with Gasteiger partial charge in [0.05, 0.1) is 0 Å². The van der Waals surface area contributed by atoms with Crippen molar-refractivity contribution in [2.45, 2.75) is 6.54 Å². The Kier molecular flexibility index (Phi) is 3.34. The van der Waals surface area contributed by atoms with Crippen LogP contribution in [0.15, 0.2) is 28.7 Å². The molecule has 2 aromatic rings. The van der Waals surface area contributed by atoms with Crippen LogP contribution in [0.3, 0.4) is 0 Å².